The SMILES string of the molecule is Cc1cc2nnc(SCC(=O)Nc3c(F)cc(F)cc3Br)n2c(C)n1. The average Bonchev–Trinajstić information content (AvgIpc) is 2.92. The summed E-state index contributed by atoms with van der Waals surface area (Å²) in [6.07, 6.45) is 0. The van der Waals surface area contributed by atoms with Crippen LogP contribution in [0.5, 0.6) is 0 Å². The van der Waals surface area contributed by atoms with Crippen molar-refractivity contribution >= 4 is 44.9 Å². The molecular formula is C15H12BrF2N5OS. The summed E-state index contributed by atoms with van der Waals surface area (Å²) in [5.41, 5.74) is 1.36. The van der Waals surface area contributed by atoms with Crippen LogP contribution >= 0.6 is 27.7 Å². The number of aryl methyl sites for hydroxylation is 2. The molecule has 6 nitrogen and oxygen atoms in total. The number of carbonyl (C=O) groups excluding carboxylic acids is 1. The van der Waals surface area contributed by atoms with E-state index in [1.54, 1.807) is 10.5 Å². The number of aromatic nitrogens is 4. The van der Waals surface area contributed by atoms with Crippen LogP contribution in [0.25, 0.3) is 5.65 Å². The summed E-state index contributed by atoms with van der Waals surface area (Å²) in [6, 6.07) is 3.57. The molecule has 0 atom stereocenters. The lowest BCUT2D eigenvalue weighted by Crippen LogP contribution is -2.16. The third-order valence-electron chi connectivity index (χ3n) is 3.26. The molecule has 10 heteroatoms. The van der Waals surface area contributed by atoms with Crippen LogP contribution in [-0.2, 0) is 4.79 Å². The Morgan fingerprint density at radius 3 is 2.76 bits per heavy atom. The van der Waals surface area contributed by atoms with E-state index in [1.165, 1.54) is 0 Å². The minimum atomic E-state index is -0.853. The van der Waals surface area contributed by atoms with Crippen molar-refractivity contribution in [3.8, 4) is 0 Å². The fourth-order valence-electron chi connectivity index (χ4n) is 2.26. The van der Waals surface area contributed by atoms with E-state index in [1.807, 2.05) is 13.8 Å². The van der Waals surface area contributed by atoms with Gasteiger partial charge in [-0.1, -0.05) is 11.8 Å². The average molecular weight is 428 g/mol. The van der Waals surface area contributed by atoms with Gasteiger partial charge in [-0.3, -0.25) is 9.20 Å². The van der Waals surface area contributed by atoms with E-state index in [9.17, 15) is 13.6 Å². The number of nitrogens with zero attached hydrogens (tertiary/aromatic N) is 4. The predicted octanol–water partition coefficient (Wildman–Crippen LogP) is 3.51. The number of benzene rings is 1. The normalized spacial score (nSPS) is 11.1. The number of fused-ring (bicyclic) bond motifs is 1. The summed E-state index contributed by atoms with van der Waals surface area (Å²) >= 11 is 4.17. The zero-order valence-corrected chi connectivity index (χ0v) is 15.6. The lowest BCUT2D eigenvalue weighted by Gasteiger charge is -2.08. The standard InChI is InChI=1S/C15H12BrF2N5OS/c1-7-3-12-21-22-15(23(12)8(2)19-7)25-6-13(24)20-14-10(16)4-9(17)5-11(14)18/h3-5H,6H2,1-2H3,(H,20,24). The van der Waals surface area contributed by atoms with Crippen LogP contribution in [0.2, 0.25) is 0 Å². The van der Waals surface area contributed by atoms with Crippen LogP contribution < -0.4 is 5.32 Å². The number of thioether (sulfide) groups is 1. The second kappa shape index (κ2) is 7.04. The van der Waals surface area contributed by atoms with E-state index in [0.717, 1.165) is 23.5 Å². The summed E-state index contributed by atoms with van der Waals surface area (Å²) in [4.78, 5) is 16.4. The molecule has 0 aliphatic rings. The maximum Gasteiger partial charge on any atom is 0.234 e. The lowest BCUT2D eigenvalue weighted by molar-refractivity contribution is -0.113. The van der Waals surface area contributed by atoms with E-state index >= 15 is 0 Å². The van der Waals surface area contributed by atoms with Gasteiger partial charge in [0.1, 0.15) is 11.6 Å². The van der Waals surface area contributed by atoms with Gasteiger partial charge < -0.3 is 5.32 Å². The highest BCUT2D eigenvalue weighted by atomic mass is 79.9. The topological polar surface area (TPSA) is 72.2 Å². The van der Waals surface area contributed by atoms with Gasteiger partial charge >= 0.3 is 0 Å². The number of halogens is 3. The van der Waals surface area contributed by atoms with Crippen molar-refractivity contribution in [2.24, 2.45) is 0 Å². The molecule has 0 fully saturated rings. The van der Waals surface area contributed by atoms with Crippen LogP contribution in [0.3, 0.4) is 0 Å². The number of amides is 1. The Kier molecular flexibility index (Phi) is 5.00. The minimum absolute atomic E-state index is 0.0165. The molecule has 0 spiro atoms. The Morgan fingerprint density at radius 2 is 2.04 bits per heavy atom. The number of hydrogen-bond donors (Lipinski definition) is 1. The van der Waals surface area contributed by atoms with Gasteiger partial charge in [0, 0.05) is 22.3 Å². The maximum atomic E-state index is 13.8. The number of anilines is 1. The monoisotopic (exact) mass is 427 g/mol. The molecule has 0 aliphatic heterocycles. The molecule has 0 bridgehead atoms. The van der Waals surface area contributed by atoms with Gasteiger partial charge in [-0.25, -0.2) is 13.8 Å². The number of carbonyl (C=O) groups is 1. The largest absolute Gasteiger partial charge is 0.322 e. The molecular weight excluding hydrogens is 416 g/mol. The molecule has 0 saturated carbocycles. The van der Waals surface area contributed by atoms with Crippen LogP contribution in [-0.4, -0.2) is 31.2 Å². The van der Waals surface area contributed by atoms with E-state index < -0.39 is 17.5 Å². The second-order valence-electron chi connectivity index (χ2n) is 5.20. The van der Waals surface area contributed by atoms with E-state index in [2.05, 4.69) is 36.4 Å². The van der Waals surface area contributed by atoms with Crippen molar-refractivity contribution in [2.45, 2.75) is 19.0 Å². The Labute approximate surface area is 154 Å². The maximum absolute atomic E-state index is 13.8. The van der Waals surface area contributed by atoms with Gasteiger partial charge in [-0.15, -0.1) is 10.2 Å². The Balaban J connectivity index is 1.73. The van der Waals surface area contributed by atoms with E-state index in [-0.39, 0.29) is 15.9 Å². The Hall–Kier alpha value is -2.07. The first kappa shape index (κ1) is 17.7. The van der Waals surface area contributed by atoms with Crippen molar-refractivity contribution in [1.29, 1.82) is 0 Å². The highest BCUT2D eigenvalue weighted by Crippen LogP contribution is 2.27. The van der Waals surface area contributed by atoms with E-state index in [4.69, 9.17) is 0 Å². The summed E-state index contributed by atoms with van der Waals surface area (Å²) in [7, 11) is 0. The molecule has 3 aromatic rings. The lowest BCUT2D eigenvalue weighted by atomic mass is 10.3. The summed E-state index contributed by atoms with van der Waals surface area (Å²) in [5.74, 6) is -1.35. The molecule has 25 heavy (non-hydrogen) atoms. The minimum Gasteiger partial charge on any atom is -0.322 e. The summed E-state index contributed by atoms with van der Waals surface area (Å²) in [6.45, 7) is 3.68. The zero-order chi connectivity index (χ0) is 18.1. The van der Waals surface area contributed by atoms with Crippen LogP contribution in [0.4, 0.5) is 14.5 Å². The number of nitrogens with one attached hydrogen (secondary N) is 1. The first-order valence-electron chi connectivity index (χ1n) is 7.11. The fraction of sp³-hybridized carbons (Fsp3) is 0.200. The third kappa shape index (κ3) is 3.79. The molecule has 0 radical (unpaired) electrons. The number of rotatable bonds is 4. The highest BCUT2D eigenvalue weighted by Gasteiger charge is 2.15. The van der Waals surface area contributed by atoms with Crippen LogP contribution in [0.15, 0.2) is 27.8 Å². The van der Waals surface area contributed by atoms with Crippen molar-refractivity contribution in [3.05, 3.63) is 45.8 Å². The van der Waals surface area contributed by atoms with Gasteiger partial charge in [0.2, 0.25) is 5.91 Å². The molecule has 1 N–H and O–H groups in total. The summed E-state index contributed by atoms with van der Waals surface area (Å²) in [5, 5.41) is 11.0. The van der Waals surface area contributed by atoms with Crippen molar-refractivity contribution in [1.82, 2.24) is 19.6 Å². The van der Waals surface area contributed by atoms with Gasteiger partial charge in [0.15, 0.2) is 16.6 Å². The van der Waals surface area contributed by atoms with Crippen molar-refractivity contribution in [2.75, 3.05) is 11.1 Å². The molecule has 0 saturated heterocycles. The highest BCUT2D eigenvalue weighted by molar-refractivity contribution is 9.10. The first-order chi connectivity index (χ1) is 11.8. The quantitative estimate of drug-likeness (QED) is 0.644. The molecule has 1 amide bonds. The molecule has 3 rings (SSSR count). The summed E-state index contributed by atoms with van der Waals surface area (Å²) < 4.78 is 28.7. The number of hydrogen-bond acceptors (Lipinski definition) is 5. The first-order valence-corrected chi connectivity index (χ1v) is 8.89. The van der Waals surface area contributed by atoms with E-state index in [0.29, 0.717) is 22.7 Å². The third-order valence-corrected chi connectivity index (χ3v) is 4.82. The molecule has 2 heterocycles. The fourth-order valence-corrected chi connectivity index (χ4v) is 3.56. The van der Waals surface area contributed by atoms with Crippen molar-refractivity contribution < 1.29 is 13.6 Å². The second-order valence-corrected chi connectivity index (χ2v) is 7.00. The smallest absolute Gasteiger partial charge is 0.234 e. The van der Waals surface area contributed by atoms with Gasteiger partial charge in [0.25, 0.3) is 0 Å². The Bertz CT molecular complexity index is 955. The van der Waals surface area contributed by atoms with Gasteiger partial charge in [-0.05, 0) is 35.8 Å². The molecule has 130 valence electrons. The molecule has 0 aliphatic carbocycles. The molecule has 2 aromatic heterocycles. The van der Waals surface area contributed by atoms with Crippen molar-refractivity contribution in [3.63, 3.8) is 0 Å². The predicted molar refractivity (Wildman–Crippen MR) is 93.7 cm³/mol. The van der Waals surface area contributed by atoms with Gasteiger partial charge in [0.05, 0.1) is 11.4 Å². The van der Waals surface area contributed by atoms with Gasteiger partial charge in [-0.2, -0.15) is 0 Å². The molecule has 0 unspecified atom stereocenters. The van der Waals surface area contributed by atoms with Crippen LogP contribution in [0, 0.1) is 25.5 Å². The zero-order valence-electron chi connectivity index (χ0n) is 13.2. The Morgan fingerprint density at radius 1 is 1.28 bits per heavy atom. The molecule has 1 aromatic carbocycles. The van der Waals surface area contributed by atoms with Crippen LogP contribution in [0.1, 0.15) is 11.5 Å².